The molecule has 3 N–H and O–H groups in total. The molecule has 0 aromatic carbocycles. The fourth-order valence-corrected chi connectivity index (χ4v) is 2.13. The molecule has 106 valence electrons. The van der Waals surface area contributed by atoms with E-state index < -0.39 is 18.0 Å². The molecule has 2 amide bonds. The van der Waals surface area contributed by atoms with Gasteiger partial charge in [-0.1, -0.05) is 20.3 Å². The van der Waals surface area contributed by atoms with Crippen LogP contribution in [0, 0.1) is 5.92 Å². The van der Waals surface area contributed by atoms with E-state index >= 15 is 0 Å². The topological polar surface area (TPSA) is 91.3 Å². The Hall–Kier alpha value is -1.63. The highest BCUT2D eigenvalue weighted by Crippen LogP contribution is 2.07. The van der Waals surface area contributed by atoms with Crippen LogP contribution in [-0.2, 0) is 11.2 Å². The second-order valence-electron chi connectivity index (χ2n) is 4.33. The molecular formula is C12H19N3O3S. The van der Waals surface area contributed by atoms with Crippen molar-refractivity contribution in [3.63, 3.8) is 0 Å². The Morgan fingerprint density at radius 3 is 2.79 bits per heavy atom. The number of carbonyl (C=O) groups is 2. The van der Waals surface area contributed by atoms with Gasteiger partial charge in [0, 0.05) is 18.3 Å². The van der Waals surface area contributed by atoms with E-state index in [9.17, 15) is 9.59 Å². The molecule has 2 unspecified atom stereocenters. The zero-order valence-electron chi connectivity index (χ0n) is 11.0. The zero-order valence-corrected chi connectivity index (χ0v) is 11.9. The number of nitrogens with zero attached hydrogens (tertiary/aromatic N) is 1. The highest BCUT2D eigenvalue weighted by molar-refractivity contribution is 7.07. The molecule has 0 radical (unpaired) electrons. The number of aromatic nitrogens is 1. The molecule has 0 spiro atoms. The molecule has 0 aliphatic rings. The predicted octanol–water partition coefficient (Wildman–Crippen LogP) is 1.48. The Labute approximate surface area is 116 Å². The van der Waals surface area contributed by atoms with Crippen molar-refractivity contribution in [3.8, 4) is 0 Å². The number of amides is 2. The third kappa shape index (κ3) is 5.25. The lowest BCUT2D eigenvalue weighted by Crippen LogP contribution is -2.49. The maximum atomic E-state index is 11.6. The number of aliphatic carboxylic acids is 1. The van der Waals surface area contributed by atoms with Crippen molar-refractivity contribution in [2.75, 3.05) is 6.54 Å². The first-order valence-corrected chi connectivity index (χ1v) is 7.13. The Kier molecular flexibility index (Phi) is 6.27. The Bertz CT molecular complexity index is 408. The third-order valence-corrected chi connectivity index (χ3v) is 3.55. The van der Waals surface area contributed by atoms with E-state index in [0.717, 1.165) is 5.69 Å². The maximum absolute atomic E-state index is 11.6. The number of hydrogen-bond donors (Lipinski definition) is 3. The van der Waals surface area contributed by atoms with Crippen molar-refractivity contribution in [2.24, 2.45) is 5.92 Å². The van der Waals surface area contributed by atoms with Crippen LogP contribution in [0.5, 0.6) is 0 Å². The molecule has 0 saturated carbocycles. The van der Waals surface area contributed by atoms with Gasteiger partial charge in [-0.25, -0.2) is 14.6 Å². The van der Waals surface area contributed by atoms with Gasteiger partial charge in [-0.3, -0.25) is 0 Å². The van der Waals surface area contributed by atoms with Gasteiger partial charge in [0.05, 0.1) is 11.2 Å². The fourth-order valence-electron chi connectivity index (χ4n) is 1.54. The van der Waals surface area contributed by atoms with Crippen molar-refractivity contribution in [1.82, 2.24) is 15.6 Å². The van der Waals surface area contributed by atoms with Gasteiger partial charge < -0.3 is 15.7 Å². The minimum Gasteiger partial charge on any atom is -0.480 e. The molecule has 1 rings (SSSR count). The lowest BCUT2D eigenvalue weighted by Gasteiger charge is -2.20. The van der Waals surface area contributed by atoms with E-state index in [4.69, 9.17) is 5.11 Å². The van der Waals surface area contributed by atoms with Crippen molar-refractivity contribution >= 4 is 23.3 Å². The summed E-state index contributed by atoms with van der Waals surface area (Å²) in [6.45, 7) is 4.12. The highest BCUT2D eigenvalue weighted by atomic mass is 32.1. The minimum atomic E-state index is -1.01. The van der Waals surface area contributed by atoms with Crippen LogP contribution in [0.25, 0.3) is 0 Å². The van der Waals surface area contributed by atoms with Crippen LogP contribution in [0.3, 0.4) is 0 Å². The van der Waals surface area contributed by atoms with Gasteiger partial charge in [0.15, 0.2) is 0 Å². The number of hydrogen-bond acceptors (Lipinski definition) is 4. The first-order chi connectivity index (χ1) is 9.04. The number of urea groups is 1. The van der Waals surface area contributed by atoms with Gasteiger partial charge in [-0.15, -0.1) is 11.3 Å². The lowest BCUT2D eigenvalue weighted by atomic mass is 9.99. The Morgan fingerprint density at radius 1 is 1.53 bits per heavy atom. The number of nitrogens with one attached hydrogen (secondary N) is 2. The average molecular weight is 285 g/mol. The average Bonchev–Trinajstić information content (AvgIpc) is 2.87. The van der Waals surface area contributed by atoms with Gasteiger partial charge in [0.2, 0.25) is 0 Å². The van der Waals surface area contributed by atoms with Crippen LogP contribution in [0.4, 0.5) is 4.79 Å². The van der Waals surface area contributed by atoms with E-state index in [1.807, 2.05) is 12.3 Å². The third-order valence-electron chi connectivity index (χ3n) is 2.92. The normalized spacial score (nSPS) is 13.6. The molecule has 1 aromatic rings. The maximum Gasteiger partial charge on any atom is 0.326 e. The number of carbonyl (C=O) groups excluding carboxylic acids is 1. The highest BCUT2D eigenvalue weighted by Gasteiger charge is 2.24. The molecule has 0 bridgehead atoms. The molecule has 0 aliphatic heterocycles. The molecule has 0 aliphatic carbocycles. The van der Waals surface area contributed by atoms with Gasteiger partial charge in [-0.2, -0.15) is 0 Å². The van der Waals surface area contributed by atoms with Crippen LogP contribution in [0.15, 0.2) is 10.9 Å². The van der Waals surface area contributed by atoms with E-state index in [0.29, 0.717) is 19.4 Å². The molecule has 0 fully saturated rings. The van der Waals surface area contributed by atoms with Crippen molar-refractivity contribution in [3.05, 3.63) is 16.6 Å². The summed E-state index contributed by atoms with van der Waals surface area (Å²) in [4.78, 5) is 26.7. The van der Waals surface area contributed by atoms with E-state index in [-0.39, 0.29) is 5.92 Å². The summed E-state index contributed by atoms with van der Waals surface area (Å²) in [5, 5.41) is 16.1. The van der Waals surface area contributed by atoms with Crippen LogP contribution < -0.4 is 10.6 Å². The van der Waals surface area contributed by atoms with Crippen molar-refractivity contribution < 1.29 is 14.7 Å². The van der Waals surface area contributed by atoms with E-state index in [1.165, 1.54) is 11.3 Å². The first-order valence-electron chi connectivity index (χ1n) is 6.18. The summed E-state index contributed by atoms with van der Waals surface area (Å²) in [7, 11) is 0. The molecular weight excluding hydrogens is 266 g/mol. The number of carboxylic acids is 1. The van der Waals surface area contributed by atoms with Gasteiger partial charge in [0.25, 0.3) is 0 Å². The summed E-state index contributed by atoms with van der Waals surface area (Å²) in [5.41, 5.74) is 2.65. The van der Waals surface area contributed by atoms with E-state index in [1.54, 1.807) is 12.4 Å². The zero-order chi connectivity index (χ0) is 14.3. The van der Waals surface area contributed by atoms with Gasteiger partial charge >= 0.3 is 12.0 Å². The quantitative estimate of drug-likeness (QED) is 0.707. The molecule has 1 aromatic heterocycles. The number of carboxylic acid groups (broad SMARTS) is 1. The van der Waals surface area contributed by atoms with Crippen LogP contribution in [-0.4, -0.2) is 34.7 Å². The second kappa shape index (κ2) is 7.73. The Balaban J connectivity index is 2.34. The molecule has 7 heteroatoms. The molecule has 2 atom stereocenters. The van der Waals surface area contributed by atoms with Crippen LogP contribution >= 0.6 is 11.3 Å². The first kappa shape index (κ1) is 15.4. The standard InChI is InChI=1S/C12H19N3O3S/c1-3-8(2)10(11(16)17)15-12(18)13-5-4-9-6-19-7-14-9/h6-8,10H,3-5H2,1-2H3,(H,16,17)(H2,13,15,18). The van der Waals surface area contributed by atoms with Crippen LogP contribution in [0.2, 0.25) is 0 Å². The number of rotatable bonds is 7. The molecule has 19 heavy (non-hydrogen) atoms. The number of thiazole rings is 1. The summed E-state index contributed by atoms with van der Waals surface area (Å²) in [6.07, 6.45) is 1.33. The van der Waals surface area contributed by atoms with E-state index in [2.05, 4.69) is 15.6 Å². The molecule has 1 heterocycles. The summed E-state index contributed by atoms with van der Waals surface area (Å²) >= 11 is 1.50. The SMILES string of the molecule is CCC(C)C(NC(=O)NCCc1cscn1)C(=O)O. The smallest absolute Gasteiger partial charge is 0.326 e. The predicted molar refractivity (Wildman–Crippen MR) is 73.2 cm³/mol. The van der Waals surface area contributed by atoms with Gasteiger partial charge in [-0.05, 0) is 5.92 Å². The van der Waals surface area contributed by atoms with Crippen molar-refractivity contribution in [1.29, 1.82) is 0 Å². The summed E-state index contributed by atoms with van der Waals surface area (Å²) in [5.74, 6) is -1.12. The largest absolute Gasteiger partial charge is 0.480 e. The molecule has 6 nitrogen and oxygen atoms in total. The lowest BCUT2D eigenvalue weighted by molar-refractivity contribution is -0.140. The summed E-state index contributed by atoms with van der Waals surface area (Å²) in [6, 6.07) is -1.31. The Morgan fingerprint density at radius 2 is 2.26 bits per heavy atom. The minimum absolute atomic E-state index is 0.109. The van der Waals surface area contributed by atoms with Crippen molar-refractivity contribution in [2.45, 2.75) is 32.7 Å². The fraction of sp³-hybridized carbons (Fsp3) is 0.583. The summed E-state index contributed by atoms with van der Waals surface area (Å²) < 4.78 is 0. The van der Waals surface area contributed by atoms with Crippen LogP contribution in [0.1, 0.15) is 26.0 Å². The second-order valence-corrected chi connectivity index (χ2v) is 5.05. The molecule has 0 saturated heterocycles. The van der Waals surface area contributed by atoms with Gasteiger partial charge in [0.1, 0.15) is 6.04 Å². The monoisotopic (exact) mass is 285 g/mol.